The number of benzene rings is 1. The van der Waals surface area contributed by atoms with Crippen LogP contribution in [0.2, 0.25) is 0 Å². The summed E-state index contributed by atoms with van der Waals surface area (Å²) in [5.74, 6) is 0.800. The van der Waals surface area contributed by atoms with E-state index >= 15 is 0 Å². The van der Waals surface area contributed by atoms with Crippen LogP contribution in [0.3, 0.4) is 0 Å². The molecule has 1 aromatic carbocycles. The number of halogens is 1. The first-order valence-corrected chi connectivity index (χ1v) is 11.6. The Labute approximate surface area is 206 Å². The van der Waals surface area contributed by atoms with Gasteiger partial charge in [-0.05, 0) is 48.9 Å². The lowest BCUT2D eigenvalue weighted by Crippen LogP contribution is -2.43. The standard InChI is InChI=1S/C23H33N5OS.HI/c1-4-24-21(26-17-23(2,3)20-11-8-14-30-20)25-16-18-9-7-10-19(15-18)27-22(29)28-12-5-6-13-28;/h7-11,14-15H,4-6,12-13,16-17H2,1-3H3,(H,27,29)(H2,24,25,26);1H. The number of amides is 2. The second kappa shape index (κ2) is 12.3. The van der Waals surface area contributed by atoms with Crippen LogP contribution in [-0.4, -0.2) is 43.1 Å². The fourth-order valence-electron chi connectivity index (χ4n) is 3.44. The van der Waals surface area contributed by atoms with Crippen LogP contribution in [0.15, 0.2) is 46.8 Å². The third kappa shape index (κ3) is 7.68. The average Bonchev–Trinajstić information content (AvgIpc) is 3.45. The minimum atomic E-state index is -0.0148. The molecule has 0 bridgehead atoms. The molecule has 2 heterocycles. The Morgan fingerprint density at radius 2 is 1.94 bits per heavy atom. The van der Waals surface area contributed by atoms with E-state index in [9.17, 15) is 4.79 Å². The van der Waals surface area contributed by atoms with E-state index in [1.54, 1.807) is 11.3 Å². The number of anilines is 1. The number of guanidine groups is 1. The Morgan fingerprint density at radius 3 is 2.61 bits per heavy atom. The largest absolute Gasteiger partial charge is 0.357 e. The maximum absolute atomic E-state index is 12.3. The summed E-state index contributed by atoms with van der Waals surface area (Å²) in [5, 5.41) is 11.9. The number of thiophene rings is 1. The molecule has 170 valence electrons. The number of nitrogens with one attached hydrogen (secondary N) is 3. The molecule has 0 unspecified atom stereocenters. The van der Waals surface area contributed by atoms with E-state index in [1.165, 1.54) is 4.88 Å². The second-order valence-electron chi connectivity index (χ2n) is 8.23. The van der Waals surface area contributed by atoms with E-state index < -0.39 is 0 Å². The van der Waals surface area contributed by atoms with Crippen molar-refractivity contribution in [3.8, 4) is 0 Å². The quantitative estimate of drug-likeness (QED) is 0.255. The van der Waals surface area contributed by atoms with E-state index in [1.807, 2.05) is 29.2 Å². The van der Waals surface area contributed by atoms with Crippen molar-refractivity contribution in [2.45, 2.75) is 45.6 Å². The molecule has 2 aromatic rings. The summed E-state index contributed by atoms with van der Waals surface area (Å²) in [6.07, 6.45) is 2.18. The fraction of sp³-hybridized carbons (Fsp3) is 0.478. The van der Waals surface area contributed by atoms with Gasteiger partial charge in [-0.2, -0.15) is 0 Å². The Balaban J connectivity index is 0.00000341. The number of carbonyl (C=O) groups is 1. The molecule has 0 aliphatic carbocycles. The molecular formula is C23H34IN5OS. The van der Waals surface area contributed by atoms with Gasteiger partial charge in [0, 0.05) is 42.2 Å². The Hall–Kier alpha value is -1.81. The number of rotatable bonds is 7. The molecule has 0 saturated carbocycles. The first-order valence-electron chi connectivity index (χ1n) is 10.7. The lowest BCUT2D eigenvalue weighted by atomic mass is 9.91. The van der Waals surface area contributed by atoms with Gasteiger partial charge in [-0.15, -0.1) is 35.3 Å². The van der Waals surface area contributed by atoms with E-state index in [0.717, 1.165) is 56.2 Å². The van der Waals surface area contributed by atoms with Crippen molar-refractivity contribution in [2.24, 2.45) is 4.99 Å². The van der Waals surface area contributed by atoms with Crippen LogP contribution in [0, 0.1) is 0 Å². The Morgan fingerprint density at radius 1 is 1.16 bits per heavy atom. The number of carbonyl (C=O) groups excluding carboxylic acids is 1. The SMILES string of the molecule is CCNC(=NCc1cccc(NC(=O)N2CCCC2)c1)NCC(C)(C)c1cccs1.I. The third-order valence-corrected chi connectivity index (χ3v) is 6.46. The zero-order valence-corrected chi connectivity index (χ0v) is 21.8. The second-order valence-corrected chi connectivity index (χ2v) is 9.18. The summed E-state index contributed by atoms with van der Waals surface area (Å²) in [5.41, 5.74) is 1.91. The molecule has 31 heavy (non-hydrogen) atoms. The molecule has 1 aliphatic heterocycles. The van der Waals surface area contributed by atoms with E-state index in [-0.39, 0.29) is 35.4 Å². The van der Waals surface area contributed by atoms with Gasteiger partial charge >= 0.3 is 6.03 Å². The molecule has 1 aromatic heterocycles. The van der Waals surface area contributed by atoms with Crippen LogP contribution in [0.5, 0.6) is 0 Å². The zero-order chi connectivity index (χ0) is 21.4. The fourth-order valence-corrected chi connectivity index (χ4v) is 4.29. The molecule has 1 saturated heterocycles. The predicted molar refractivity (Wildman–Crippen MR) is 142 cm³/mol. The Kier molecular flexibility index (Phi) is 10.1. The van der Waals surface area contributed by atoms with Gasteiger partial charge in [0.25, 0.3) is 0 Å². The number of nitrogens with zero attached hydrogens (tertiary/aromatic N) is 2. The average molecular weight is 556 g/mol. The topological polar surface area (TPSA) is 68.8 Å². The molecule has 2 amide bonds. The van der Waals surface area contributed by atoms with Crippen molar-refractivity contribution in [3.63, 3.8) is 0 Å². The normalized spacial score (nSPS) is 14.2. The van der Waals surface area contributed by atoms with Crippen molar-refractivity contribution in [2.75, 3.05) is 31.5 Å². The summed E-state index contributed by atoms with van der Waals surface area (Å²) in [6, 6.07) is 12.2. The molecule has 0 radical (unpaired) electrons. The number of likely N-dealkylation sites (tertiary alicyclic amines) is 1. The highest BCUT2D eigenvalue weighted by Gasteiger charge is 2.22. The molecule has 0 spiro atoms. The molecule has 3 N–H and O–H groups in total. The highest BCUT2D eigenvalue weighted by molar-refractivity contribution is 14.0. The van der Waals surface area contributed by atoms with Crippen molar-refractivity contribution in [1.29, 1.82) is 0 Å². The summed E-state index contributed by atoms with van der Waals surface area (Å²) < 4.78 is 0. The van der Waals surface area contributed by atoms with Crippen molar-refractivity contribution < 1.29 is 4.79 Å². The summed E-state index contributed by atoms with van der Waals surface area (Å²) in [4.78, 5) is 20.3. The van der Waals surface area contributed by atoms with Crippen LogP contribution in [0.4, 0.5) is 10.5 Å². The van der Waals surface area contributed by atoms with Gasteiger partial charge in [0.05, 0.1) is 6.54 Å². The minimum absolute atomic E-state index is 0. The van der Waals surface area contributed by atoms with E-state index in [2.05, 4.69) is 54.2 Å². The number of hydrogen-bond donors (Lipinski definition) is 3. The number of hydrogen-bond acceptors (Lipinski definition) is 3. The van der Waals surface area contributed by atoms with Gasteiger partial charge in [0.15, 0.2) is 5.96 Å². The maximum Gasteiger partial charge on any atom is 0.321 e. The Bertz CT molecular complexity index is 847. The van der Waals surface area contributed by atoms with Crippen molar-refractivity contribution >= 4 is 53.0 Å². The van der Waals surface area contributed by atoms with Crippen molar-refractivity contribution in [1.82, 2.24) is 15.5 Å². The summed E-state index contributed by atoms with van der Waals surface area (Å²) in [7, 11) is 0. The smallest absolute Gasteiger partial charge is 0.321 e. The van der Waals surface area contributed by atoms with Gasteiger partial charge in [0.1, 0.15) is 0 Å². The molecule has 0 atom stereocenters. The monoisotopic (exact) mass is 555 g/mol. The highest BCUT2D eigenvalue weighted by Crippen LogP contribution is 2.26. The van der Waals surface area contributed by atoms with Crippen LogP contribution in [-0.2, 0) is 12.0 Å². The van der Waals surface area contributed by atoms with Crippen molar-refractivity contribution in [3.05, 3.63) is 52.2 Å². The van der Waals surface area contributed by atoms with Gasteiger partial charge in [-0.25, -0.2) is 9.79 Å². The molecule has 3 rings (SSSR count). The van der Waals surface area contributed by atoms with Gasteiger partial charge in [0.2, 0.25) is 0 Å². The van der Waals surface area contributed by atoms with Gasteiger partial charge in [-0.1, -0.05) is 32.0 Å². The zero-order valence-electron chi connectivity index (χ0n) is 18.6. The molecule has 6 nitrogen and oxygen atoms in total. The number of aliphatic imine (C=N–C) groups is 1. The van der Waals surface area contributed by atoms with Crippen LogP contribution < -0.4 is 16.0 Å². The van der Waals surface area contributed by atoms with E-state index in [0.29, 0.717) is 6.54 Å². The van der Waals surface area contributed by atoms with Crippen LogP contribution in [0.25, 0.3) is 0 Å². The minimum Gasteiger partial charge on any atom is -0.357 e. The highest BCUT2D eigenvalue weighted by atomic mass is 127. The lowest BCUT2D eigenvalue weighted by molar-refractivity contribution is 0.222. The first-order chi connectivity index (χ1) is 14.5. The van der Waals surface area contributed by atoms with E-state index in [4.69, 9.17) is 4.99 Å². The predicted octanol–water partition coefficient (Wildman–Crippen LogP) is 5.03. The molecule has 8 heteroatoms. The number of urea groups is 1. The summed E-state index contributed by atoms with van der Waals surface area (Å²) in [6.45, 7) is 10.4. The maximum atomic E-state index is 12.3. The van der Waals surface area contributed by atoms with Crippen LogP contribution in [0.1, 0.15) is 44.1 Å². The molecule has 1 fully saturated rings. The molecular weight excluding hydrogens is 521 g/mol. The first kappa shape index (κ1) is 25.5. The van der Waals surface area contributed by atoms with Crippen LogP contribution >= 0.6 is 35.3 Å². The summed E-state index contributed by atoms with van der Waals surface area (Å²) >= 11 is 1.78. The molecule has 1 aliphatic rings. The lowest BCUT2D eigenvalue weighted by Gasteiger charge is -2.25. The van der Waals surface area contributed by atoms with Gasteiger partial charge in [-0.3, -0.25) is 0 Å². The third-order valence-electron chi connectivity index (χ3n) is 5.22. The van der Waals surface area contributed by atoms with Gasteiger partial charge < -0.3 is 20.9 Å².